The highest BCUT2D eigenvalue weighted by Gasteiger charge is 2.17. The molecular formula is C11H15ClN4O2. The molecule has 7 heteroatoms. The van der Waals surface area contributed by atoms with E-state index in [1.54, 1.807) is 19.1 Å². The molecule has 98 valence electrons. The van der Waals surface area contributed by atoms with Gasteiger partial charge in [-0.15, -0.1) is 0 Å². The fraction of sp³-hybridized carbons (Fsp3) is 0.273. The largest absolute Gasteiger partial charge is 0.357 e. The van der Waals surface area contributed by atoms with Crippen LogP contribution in [0, 0.1) is 0 Å². The molecule has 0 aliphatic heterocycles. The van der Waals surface area contributed by atoms with Crippen molar-refractivity contribution in [2.24, 2.45) is 5.84 Å². The summed E-state index contributed by atoms with van der Waals surface area (Å²) in [6.45, 7) is 1.58. The zero-order valence-corrected chi connectivity index (χ0v) is 10.8. The number of anilines is 1. The van der Waals surface area contributed by atoms with Crippen LogP contribution in [0.2, 0.25) is 5.02 Å². The minimum Gasteiger partial charge on any atom is -0.357 e. The Morgan fingerprint density at radius 3 is 2.61 bits per heavy atom. The number of rotatable bonds is 4. The Bertz CT molecular complexity index is 464. The number of halogens is 1. The molecule has 0 heterocycles. The monoisotopic (exact) mass is 270 g/mol. The molecule has 1 unspecified atom stereocenters. The Balaban J connectivity index is 2.90. The van der Waals surface area contributed by atoms with E-state index in [1.807, 2.05) is 0 Å². The third-order valence-corrected chi connectivity index (χ3v) is 2.60. The normalized spacial score (nSPS) is 11.6. The van der Waals surface area contributed by atoms with Crippen LogP contribution in [0.1, 0.15) is 17.3 Å². The zero-order chi connectivity index (χ0) is 13.7. The third-order valence-electron chi connectivity index (χ3n) is 2.37. The molecule has 0 saturated heterocycles. The molecule has 18 heavy (non-hydrogen) atoms. The van der Waals surface area contributed by atoms with Crippen LogP contribution < -0.4 is 21.9 Å². The highest BCUT2D eigenvalue weighted by molar-refractivity contribution is 6.31. The van der Waals surface area contributed by atoms with E-state index in [4.69, 9.17) is 17.4 Å². The molecule has 0 aromatic heterocycles. The van der Waals surface area contributed by atoms with E-state index in [2.05, 4.69) is 16.1 Å². The van der Waals surface area contributed by atoms with Gasteiger partial charge in [0.2, 0.25) is 5.91 Å². The van der Waals surface area contributed by atoms with E-state index in [-0.39, 0.29) is 11.5 Å². The highest BCUT2D eigenvalue weighted by Crippen LogP contribution is 2.19. The summed E-state index contributed by atoms with van der Waals surface area (Å²) in [6.07, 6.45) is 0. The maximum Gasteiger partial charge on any atom is 0.254 e. The van der Waals surface area contributed by atoms with E-state index >= 15 is 0 Å². The maximum absolute atomic E-state index is 12.0. The van der Waals surface area contributed by atoms with Gasteiger partial charge in [0.15, 0.2) is 0 Å². The summed E-state index contributed by atoms with van der Waals surface area (Å²) in [4.78, 5) is 23.3. The Labute approximate surface area is 110 Å². The summed E-state index contributed by atoms with van der Waals surface area (Å²) in [5, 5.41) is 5.39. The first-order chi connectivity index (χ1) is 8.49. The van der Waals surface area contributed by atoms with Crippen LogP contribution in [0.15, 0.2) is 18.2 Å². The molecule has 0 bridgehead atoms. The second-order valence-corrected chi connectivity index (χ2v) is 4.08. The lowest BCUT2D eigenvalue weighted by molar-refractivity contribution is -0.122. The molecule has 1 aromatic rings. The number of hydrogen-bond donors (Lipinski definition) is 4. The summed E-state index contributed by atoms with van der Waals surface area (Å²) in [5.74, 6) is 4.59. The van der Waals surface area contributed by atoms with Crippen molar-refractivity contribution in [2.45, 2.75) is 13.0 Å². The van der Waals surface area contributed by atoms with E-state index in [0.717, 1.165) is 0 Å². The van der Waals surface area contributed by atoms with Crippen molar-refractivity contribution in [2.75, 3.05) is 12.5 Å². The van der Waals surface area contributed by atoms with E-state index < -0.39 is 11.9 Å². The molecule has 5 N–H and O–H groups in total. The molecule has 0 spiro atoms. The van der Waals surface area contributed by atoms with Gasteiger partial charge in [0.25, 0.3) is 5.91 Å². The Morgan fingerprint density at radius 1 is 1.39 bits per heavy atom. The molecule has 0 radical (unpaired) electrons. The van der Waals surface area contributed by atoms with Gasteiger partial charge in [0, 0.05) is 12.1 Å². The number of carbonyl (C=O) groups excluding carboxylic acids is 2. The summed E-state index contributed by atoms with van der Waals surface area (Å²) >= 11 is 5.82. The fourth-order valence-electron chi connectivity index (χ4n) is 1.39. The summed E-state index contributed by atoms with van der Waals surface area (Å²) in [6, 6.07) is 4.02. The number of nitrogens with one attached hydrogen (secondary N) is 3. The molecule has 1 rings (SSSR count). The van der Waals surface area contributed by atoms with Crippen LogP contribution in [0.25, 0.3) is 0 Å². The molecule has 0 aliphatic rings. The van der Waals surface area contributed by atoms with Crippen LogP contribution in [0.3, 0.4) is 0 Å². The molecule has 0 aliphatic carbocycles. The average molecular weight is 271 g/mol. The number of carbonyl (C=O) groups is 2. The van der Waals surface area contributed by atoms with Gasteiger partial charge in [-0.25, -0.2) is 0 Å². The lowest BCUT2D eigenvalue weighted by atomic mass is 10.1. The van der Waals surface area contributed by atoms with E-state index in [0.29, 0.717) is 10.7 Å². The fourth-order valence-corrected chi connectivity index (χ4v) is 1.56. The molecule has 0 fully saturated rings. The third kappa shape index (κ3) is 3.35. The number of nitrogen functional groups attached to an aromatic ring is 1. The highest BCUT2D eigenvalue weighted by atomic mass is 35.5. The molecule has 6 nitrogen and oxygen atoms in total. The zero-order valence-electron chi connectivity index (χ0n) is 10.1. The summed E-state index contributed by atoms with van der Waals surface area (Å²) in [5.41, 5.74) is 3.11. The summed E-state index contributed by atoms with van der Waals surface area (Å²) < 4.78 is 0. The topological polar surface area (TPSA) is 96.2 Å². The number of hydrogen-bond acceptors (Lipinski definition) is 4. The van der Waals surface area contributed by atoms with Crippen LogP contribution >= 0.6 is 11.6 Å². The maximum atomic E-state index is 12.0. The second kappa shape index (κ2) is 6.23. The van der Waals surface area contributed by atoms with Gasteiger partial charge in [-0.1, -0.05) is 11.6 Å². The number of likely N-dealkylation sites (N-methyl/N-ethyl adjacent to an activating group) is 1. The first-order valence-electron chi connectivity index (χ1n) is 5.28. The molecular weight excluding hydrogens is 256 g/mol. The van der Waals surface area contributed by atoms with Gasteiger partial charge in [0.1, 0.15) is 6.04 Å². The number of amides is 2. The van der Waals surface area contributed by atoms with Crippen molar-refractivity contribution in [3.05, 3.63) is 28.8 Å². The Hall–Kier alpha value is -1.79. The van der Waals surface area contributed by atoms with Gasteiger partial charge < -0.3 is 16.1 Å². The van der Waals surface area contributed by atoms with Crippen LogP contribution in [-0.2, 0) is 4.79 Å². The minimum atomic E-state index is -0.646. The van der Waals surface area contributed by atoms with Gasteiger partial charge in [0.05, 0.1) is 11.3 Å². The predicted octanol–water partition coefficient (Wildman–Crippen LogP) is 0.490. The molecule has 2 amide bonds. The van der Waals surface area contributed by atoms with Crippen molar-refractivity contribution in [3.8, 4) is 0 Å². The van der Waals surface area contributed by atoms with Crippen molar-refractivity contribution in [1.29, 1.82) is 0 Å². The molecule has 1 aromatic carbocycles. The van der Waals surface area contributed by atoms with E-state index in [1.165, 1.54) is 13.1 Å². The number of nitrogens with two attached hydrogens (primary N) is 1. The SMILES string of the molecule is CNC(=O)C(C)NC(=O)c1cc(Cl)ccc1NN. The van der Waals surface area contributed by atoms with Gasteiger partial charge in [-0.2, -0.15) is 0 Å². The van der Waals surface area contributed by atoms with E-state index in [9.17, 15) is 9.59 Å². The number of hydrazine groups is 1. The lowest BCUT2D eigenvalue weighted by Crippen LogP contribution is -2.43. The first-order valence-corrected chi connectivity index (χ1v) is 5.66. The van der Waals surface area contributed by atoms with Crippen LogP contribution in [0.4, 0.5) is 5.69 Å². The molecule has 0 saturated carbocycles. The Morgan fingerprint density at radius 2 is 2.06 bits per heavy atom. The van der Waals surface area contributed by atoms with Crippen molar-refractivity contribution >= 4 is 29.1 Å². The van der Waals surface area contributed by atoms with Gasteiger partial charge in [-0.3, -0.25) is 15.4 Å². The predicted molar refractivity (Wildman–Crippen MR) is 70.3 cm³/mol. The first kappa shape index (κ1) is 14.3. The van der Waals surface area contributed by atoms with Gasteiger partial charge in [-0.05, 0) is 25.1 Å². The number of benzene rings is 1. The van der Waals surface area contributed by atoms with Crippen LogP contribution in [-0.4, -0.2) is 24.9 Å². The minimum absolute atomic E-state index is 0.278. The van der Waals surface area contributed by atoms with Crippen LogP contribution in [0.5, 0.6) is 0 Å². The smallest absolute Gasteiger partial charge is 0.254 e. The summed E-state index contributed by atoms with van der Waals surface area (Å²) in [7, 11) is 1.50. The average Bonchev–Trinajstić information content (AvgIpc) is 2.37. The van der Waals surface area contributed by atoms with Crippen molar-refractivity contribution < 1.29 is 9.59 Å². The Kier molecular flexibility index (Phi) is 4.94. The molecule has 1 atom stereocenters. The second-order valence-electron chi connectivity index (χ2n) is 3.64. The van der Waals surface area contributed by atoms with Crippen molar-refractivity contribution in [1.82, 2.24) is 10.6 Å². The lowest BCUT2D eigenvalue weighted by Gasteiger charge is -2.14. The van der Waals surface area contributed by atoms with Gasteiger partial charge >= 0.3 is 0 Å². The quantitative estimate of drug-likeness (QED) is 0.473. The van der Waals surface area contributed by atoms with Crippen molar-refractivity contribution in [3.63, 3.8) is 0 Å². The standard InChI is InChI=1S/C11H15ClN4O2/c1-6(10(17)14-2)15-11(18)8-5-7(12)3-4-9(8)16-13/h3-6,16H,13H2,1-2H3,(H,14,17)(H,15,18).